The van der Waals surface area contributed by atoms with Gasteiger partial charge in [0.25, 0.3) is 0 Å². The lowest BCUT2D eigenvalue weighted by molar-refractivity contribution is 0.259. The Kier molecular flexibility index (Phi) is 2.72. The average Bonchev–Trinajstić information content (AvgIpc) is 2.35. The molecule has 1 rings (SSSR count). The van der Waals surface area contributed by atoms with Crippen molar-refractivity contribution in [2.24, 2.45) is 5.92 Å². The molecule has 1 aliphatic rings. The van der Waals surface area contributed by atoms with E-state index in [0.717, 1.165) is 0 Å². The van der Waals surface area contributed by atoms with E-state index in [4.69, 9.17) is 9.05 Å². The summed E-state index contributed by atoms with van der Waals surface area (Å²) < 4.78 is 21.1. The van der Waals surface area contributed by atoms with Crippen molar-refractivity contribution < 1.29 is 13.6 Å². The Balaban J connectivity index is 2.58. The van der Waals surface area contributed by atoms with Gasteiger partial charge >= 0.3 is 7.60 Å². The summed E-state index contributed by atoms with van der Waals surface area (Å²) in [7, 11) is -1.33. The molecule has 3 nitrogen and oxygen atoms in total. The molecule has 0 aromatic heterocycles. The maximum absolute atomic E-state index is 11.4. The smallest absolute Gasteiger partial charge is 0.312 e. The van der Waals surface area contributed by atoms with Crippen LogP contribution in [0.2, 0.25) is 0 Å². The van der Waals surface area contributed by atoms with Gasteiger partial charge < -0.3 is 9.05 Å². The quantitative estimate of drug-likeness (QED) is 0.446. The lowest BCUT2D eigenvalue weighted by Gasteiger charge is -2.04. The van der Waals surface area contributed by atoms with Gasteiger partial charge in [0.1, 0.15) is 0 Å². The van der Waals surface area contributed by atoms with Gasteiger partial charge in [0, 0.05) is 7.11 Å². The molecule has 2 atom stereocenters. The van der Waals surface area contributed by atoms with Crippen LogP contribution in [0.5, 0.6) is 0 Å². The predicted molar refractivity (Wildman–Crippen MR) is 42.4 cm³/mol. The summed E-state index contributed by atoms with van der Waals surface area (Å²) in [6.45, 7) is 2.20. The molecular weight excluding hydrogens is 163 g/mol. The fourth-order valence-corrected chi connectivity index (χ4v) is 2.50. The first-order valence-corrected chi connectivity index (χ1v) is 5.14. The largest absolute Gasteiger partial charge is 0.331 e. The van der Waals surface area contributed by atoms with E-state index in [1.165, 1.54) is 7.11 Å². The van der Waals surface area contributed by atoms with Gasteiger partial charge in [-0.05, 0) is 6.92 Å². The van der Waals surface area contributed by atoms with Crippen molar-refractivity contribution in [1.29, 1.82) is 0 Å². The second kappa shape index (κ2) is 3.40. The van der Waals surface area contributed by atoms with Gasteiger partial charge in [-0.2, -0.15) is 0 Å². The molecule has 4 heteroatoms. The minimum atomic E-state index is -2.74. The van der Waals surface area contributed by atoms with Crippen molar-refractivity contribution in [3.05, 3.63) is 0 Å². The second-order valence-corrected chi connectivity index (χ2v) is 4.57. The predicted octanol–water partition coefficient (Wildman–Crippen LogP) is 1.50. The number of rotatable bonds is 1. The van der Waals surface area contributed by atoms with Crippen LogP contribution < -0.4 is 0 Å². The number of hydrogen-bond acceptors (Lipinski definition) is 3. The summed E-state index contributed by atoms with van der Waals surface area (Å²) in [4.78, 5) is 0. The molecule has 1 fully saturated rings. The highest BCUT2D eigenvalue weighted by molar-refractivity contribution is 7.54. The van der Waals surface area contributed by atoms with Crippen LogP contribution in [0.4, 0.5) is 0 Å². The van der Waals surface area contributed by atoms with E-state index in [2.05, 4.69) is 11.8 Å². The summed E-state index contributed by atoms with van der Waals surface area (Å²) in [5.74, 6) is 5.76. The molecule has 0 spiro atoms. The summed E-state index contributed by atoms with van der Waals surface area (Å²) in [5.41, 5.74) is 0. The van der Waals surface area contributed by atoms with Crippen molar-refractivity contribution in [1.82, 2.24) is 0 Å². The molecule has 0 saturated carbocycles. The zero-order chi connectivity index (χ0) is 8.32. The first-order chi connectivity index (χ1) is 5.20. The first kappa shape index (κ1) is 8.80. The van der Waals surface area contributed by atoms with E-state index < -0.39 is 7.60 Å². The van der Waals surface area contributed by atoms with Crippen LogP contribution >= 0.6 is 7.60 Å². The summed E-state index contributed by atoms with van der Waals surface area (Å²) in [5, 5.41) is 0. The molecule has 0 N–H and O–H groups in total. The van der Waals surface area contributed by atoms with E-state index in [-0.39, 0.29) is 5.92 Å². The third-order valence-corrected chi connectivity index (χ3v) is 3.53. The molecular formula is C7H11O3P. The van der Waals surface area contributed by atoms with E-state index in [0.29, 0.717) is 12.8 Å². The van der Waals surface area contributed by atoms with Crippen LogP contribution in [0.3, 0.4) is 0 Å². The Labute approximate surface area is 66.6 Å². The summed E-state index contributed by atoms with van der Waals surface area (Å²) in [6.07, 6.45) is 0.435. The van der Waals surface area contributed by atoms with Gasteiger partial charge in [0.2, 0.25) is 0 Å². The van der Waals surface area contributed by atoms with Crippen molar-refractivity contribution in [3.8, 4) is 11.8 Å². The Bertz CT molecular complexity index is 238. The molecule has 1 aliphatic heterocycles. The molecule has 2 unspecified atom stereocenters. The lowest BCUT2D eigenvalue weighted by atomic mass is 10.2. The highest BCUT2D eigenvalue weighted by Gasteiger charge is 2.34. The summed E-state index contributed by atoms with van der Waals surface area (Å²) >= 11 is 0. The van der Waals surface area contributed by atoms with Crippen molar-refractivity contribution in [2.45, 2.75) is 6.92 Å². The van der Waals surface area contributed by atoms with Crippen LogP contribution in [0.25, 0.3) is 0 Å². The van der Waals surface area contributed by atoms with Gasteiger partial charge in [-0.1, -0.05) is 5.92 Å². The molecule has 0 radical (unpaired) electrons. The minimum absolute atomic E-state index is 0.0887. The zero-order valence-corrected chi connectivity index (χ0v) is 7.56. The average molecular weight is 174 g/mol. The van der Waals surface area contributed by atoms with Crippen molar-refractivity contribution >= 4 is 7.60 Å². The minimum Gasteiger partial charge on any atom is -0.312 e. The topological polar surface area (TPSA) is 35.5 Å². The van der Waals surface area contributed by atoms with Gasteiger partial charge in [-0.25, -0.2) is 0 Å². The maximum atomic E-state index is 11.4. The second-order valence-electron chi connectivity index (χ2n) is 2.36. The third-order valence-electron chi connectivity index (χ3n) is 1.54. The number of hydrogen-bond donors (Lipinski definition) is 0. The SMILES string of the molecule is CC#CC1COP(=O)(OC)C1. The normalized spacial score (nSPS) is 36.4. The Morgan fingerprint density at radius 3 is 2.91 bits per heavy atom. The first-order valence-electron chi connectivity index (χ1n) is 3.42. The lowest BCUT2D eigenvalue weighted by Crippen LogP contribution is -1.97. The molecule has 0 aromatic rings. The van der Waals surface area contributed by atoms with Gasteiger partial charge in [0.15, 0.2) is 0 Å². The van der Waals surface area contributed by atoms with E-state index in [1.807, 2.05) is 0 Å². The molecule has 0 aromatic carbocycles. The van der Waals surface area contributed by atoms with E-state index in [1.54, 1.807) is 6.92 Å². The highest BCUT2D eigenvalue weighted by atomic mass is 31.2. The van der Waals surface area contributed by atoms with Crippen LogP contribution in [-0.4, -0.2) is 19.9 Å². The fraction of sp³-hybridized carbons (Fsp3) is 0.714. The van der Waals surface area contributed by atoms with Gasteiger partial charge in [-0.15, -0.1) is 5.92 Å². The summed E-state index contributed by atoms with van der Waals surface area (Å²) in [6, 6.07) is 0. The van der Waals surface area contributed by atoms with Gasteiger partial charge in [0.05, 0.1) is 18.7 Å². The van der Waals surface area contributed by atoms with Crippen LogP contribution in [-0.2, 0) is 13.6 Å². The van der Waals surface area contributed by atoms with Crippen molar-refractivity contribution in [2.75, 3.05) is 19.9 Å². The molecule has 0 amide bonds. The zero-order valence-electron chi connectivity index (χ0n) is 6.66. The van der Waals surface area contributed by atoms with Crippen LogP contribution in [0.15, 0.2) is 0 Å². The maximum Gasteiger partial charge on any atom is 0.331 e. The van der Waals surface area contributed by atoms with E-state index >= 15 is 0 Å². The van der Waals surface area contributed by atoms with Crippen molar-refractivity contribution in [3.63, 3.8) is 0 Å². The Morgan fingerprint density at radius 1 is 1.73 bits per heavy atom. The van der Waals surface area contributed by atoms with Crippen LogP contribution in [0, 0.1) is 17.8 Å². The molecule has 0 aliphatic carbocycles. The molecule has 11 heavy (non-hydrogen) atoms. The molecule has 0 bridgehead atoms. The monoisotopic (exact) mass is 174 g/mol. The Morgan fingerprint density at radius 2 is 2.45 bits per heavy atom. The Hall–Kier alpha value is -0.290. The van der Waals surface area contributed by atoms with E-state index in [9.17, 15) is 4.57 Å². The van der Waals surface area contributed by atoms with Crippen LogP contribution in [0.1, 0.15) is 6.92 Å². The van der Waals surface area contributed by atoms with Gasteiger partial charge in [-0.3, -0.25) is 4.57 Å². The molecule has 1 saturated heterocycles. The standard InChI is InChI=1S/C7H11O3P/c1-3-4-7-5-10-11(8,6-7)9-2/h7H,5-6H2,1-2H3. The molecule has 1 heterocycles. The highest BCUT2D eigenvalue weighted by Crippen LogP contribution is 2.53. The third kappa shape index (κ3) is 2.07. The fourth-order valence-electron chi connectivity index (χ4n) is 0.998. The molecule has 62 valence electrons.